The Morgan fingerprint density at radius 2 is 2.29 bits per heavy atom. The Morgan fingerprint density at radius 1 is 1.47 bits per heavy atom. The molecule has 3 heteroatoms. The van der Waals surface area contributed by atoms with Crippen LogP contribution in [0, 0.1) is 17.3 Å². The lowest BCUT2D eigenvalue weighted by molar-refractivity contribution is -0.145. The van der Waals surface area contributed by atoms with Crippen molar-refractivity contribution in [2.24, 2.45) is 17.3 Å². The van der Waals surface area contributed by atoms with E-state index in [1.165, 1.54) is 0 Å². The molecule has 0 amide bonds. The number of rotatable bonds is 1. The molecule has 0 N–H and O–H groups in total. The van der Waals surface area contributed by atoms with Crippen LogP contribution in [0.25, 0.3) is 0 Å². The van der Waals surface area contributed by atoms with Crippen molar-refractivity contribution in [3.63, 3.8) is 0 Å². The Balaban J connectivity index is 1.79. The maximum absolute atomic E-state index is 11.4. The zero-order valence-electron chi connectivity index (χ0n) is 10.5. The summed E-state index contributed by atoms with van der Waals surface area (Å²) in [7, 11) is 0. The standard InChI is InChI=1S/C14H20O3/c1-9-7-11(15)3-5-14(9,2)12-8-10-4-6-16-13(10)17-12/h3,5,9-10,12-13H,4,6-8H2,1-2H3/t9-,10+,12+,13-,14-/m1/s1. The number of carbonyl (C=O) groups is 1. The van der Waals surface area contributed by atoms with Gasteiger partial charge >= 0.3 is 0 Å². The van der Waals surface area contributed by atoms with Crippen molar-refractivity contribution in [1.29, 1.82) is 0 Å². The second-order valence-corrected chi connectivity index (χ2v) is 5.92. The van der Waals surface area contributed by atoms with Crippen molar-refractivity contribution >= 4 is 5.78 Å². The van der Waals surface area contributed by atoms with E-state index in [0.717, 1.165) is 19.4 Å². The third-order valence-corrected chi connectivity index (χ3v) is 4.86. The van der Waals surface area contributed by atoms with Crippen LogP contribution in [0.1, 0.15) is 33.1 Å². The fraction of sp³-hybridized carbons (Fsp3) is 0.786. The van der Waals surface area contributed by atoms with Gasteiger partial charge < -0.3 is 9.47 Å². The Kier molecular flexibility index (Phi) is 2.64. The Labute approximate surface area is 102 Å². The molecule has 0 spiro atoms. The highest BCUT2D eigenvalue weighted by Crippen LogP contribution is 2.48. The average Bonchev–Trinajstić information content (AvgIpc) is 2.84. The second-order valence-electron chi connectivity index (χ2n) is 5.92. The Bertz CT molecular complexity index is 350. The highest BCUT2D eigenvalue weighted by atomic mass is 16.7. The SMILES string of the molecule is C[C@@H]1CC(=O)C=C[C@@]1(C)[C@@H]1C[C@@H]2CCO[C@@H]2O1. The third kappa shape index (κ3) is 1.76. The third-order valence-electron chi connectivity index (χ3n) is 4.86. The molecule has 5 atom stereocenters. The molecule has 1 aliphatic carbocycles. The largest absolute Gasteiger partial charge is 0.352 e. The summed E-state index contributed by atoms with van der Waals surface area (Å²) in [4.78, 5) is 11.4. The summed E-state index contributed by atoms with van der Waals surface area (Å²) in [5, 5.41) is 0. The minimum Gasteiger partial charge on any atom is -0.352 e. The molecule has 3 rings (SSSR count). The van der Waals surface area contributed by atoms with E-state index in [-0.39, 0.29) is 23.6 Å². The van der Waals surface area contributed by atoms with Gasteiger partial charge in [0.25, 0.3) is 0 Å². The van der Waals surface area contributed by atoms with Gasteiger partial charge in [0.1, 0.15) is 0 Å². The number of allylic oxidation sites excluding steroid dienone is 1. The average molecular weight is 236 g/mol. The minimum absolute atomic E-state index is 0.00931. The molecule has 3 aliphatic rings. The van der Waals surface area contributed by atoms with Crippen LogP contribution in [0.3, 0.4) is 0 Å². The summed E-state index contributed by atoms with van der Waals surface area (Å²) in [5.41, 5.74) is -0.0123. The quantitative estimate of drug-likeness (QED) is 0.701. The van der Waals surface area contributed by atoms with Gasteiger partial charge in [-0.05, 0) is 24.8 Å². The zero-order chi connectivity index (χ0) is 12.0. The van der Waals surface area contributed by atoms with E-state index in [2.05, 4.69) is 19.9 Å². The summed E-state index contributed by atoms with van der Waals surface area (Å²) in [6.45, 7) is 5.20. The molecule has 2 heterocycles. The fourth-order valence-corrected chi connectivity index (χ4v) is 3.33. The molecule has 0 saturated carbocycles. The predicted octanol–water partition coefficient (Wildman–Crippen LogP) is 2.31. The molecule has 2 aliphatic heterocycles. The first-order valence-corrected chi connectivity index (χ1v) is 6.59. The molecular weight excluding hydrogens is 216 g/mol. The van der Waals surface area contributed by atoms with Gasteiger partial charge in [0.15, 0.2) is 12.1 Å². The van der Waals surface area contributed by atoms with Crippen molar-refractivity contribution in [2.45, 2.75) is 45.5 Å². The molecule has 0 radical (unpaired) electrons. The van der Waals surface area contributed by atoms with Crippen LogP contribution in [0.4, 0.5) is 0 Å². The van der Waals surface area contributed by atoms with E-state index in [0.29, 0.717) is 18.3 Å². The first kappa shape index (κ1) is 11.4. The van der Waals surface area contributed by atoms with E-state index >= 15 is 0 Å². The second kappa shape index (κ2) is 3.92. The van der Waals surface area contributed by atoms with Crippen molar-refractivity contribution in [3.8, 4) is 0 Å². The smallest absolute Gasteiger partial charge is 0.160 e. The Morgan fingerprint density at radius 3 is 3.00 bits per heavy atom. The summed E-state index contributed by atoms with van der Waals surface area (Å²) in [6, 6.07) is 0. The summed E-state index contributed by atoms with van der Waals surface area (Å²) >= 11 is 0. The first-order chi connectivity index (χ1) is 8.09. The molecule has 0 aromatic rings. The molecule has 0 aromatic heterocycles. The summed E-state index contributed by atoms with van der Waals surface area (Å²) in [6.07, 6.45) is 6.85. The summed E-state index contributed by atoms with van der Waals surface area (Å²) < 4.78 is 11.6. The van der Waals surface area contributed by atoms with Crippen LogP contribution in [-0.4, -0.2) is 24.8 Å². The number of hydrogen-bond donors (Lipinski definition) is 0. The lowest BCUT2D eigenvalue weighted by Gasteiger charge is -2.39. The van der Waals surface area contributed by atoms with E-state index < -0.39 is 0 Å². The van der Waals surface area contributed by atoms with Gasteiger partial charge in [-0.2, -0.15) is 0 Å². The fourth-order valence-electron chi connectivity index (χ4n) is 3.33. The van der Waals surface area contributed by atoms with Crippen molar-refractivity contribution in [2.75, 3.05) is 6.61 Å². The van der Waals surface area contributed by atoms with Gasteiger partial charge in [0.2, 0.25) is 0 Å². The van der Waals surface area contributed by atoms with Crippen molar-refractivity contribution in [3.05, 3.63) is 12.2 Å². The molecule has 0 bridgehead atoms. The minimum atomic E-state index is -0.0123. The maximum atomic E-state index is 11.4. The normalized spacial score (nSPS) is 49.6. The lowest BCUT2D eigenvalue weighted by Crippen LogP contribution is -2.40. The van der Waals surface area contributed by atoms with Crippen LogP contribution >= 0.6 is 0 Å². The first-order valence-electron chi connectivity index (χ1n) is 6.59. The van der Waals surface area contributed by atoms with Crippen molar-refractivity contribution in [1.82, 2.24) is 0 Å². The molecule has 94 valence electrons. The number of fused-ring (bicyclic) bond motifs is 1. The van der Waals surface area contributed by atoms with Crippen LogP contribution in [0.2, 0.25) is 0 Å². The van der Waals surface area contributed by atoms with Gasteiger partial charge in [-0.25, -0.2) is 0 Å². The van der Waals surface area contributed by atoms with Crippen LogP contribution in [-0.2, 0) is 14.3 Å². The molecule has 2 fully saturated rings. The van der Waals surface area contributed by atoms with Crippen LogP contribution < -0.4 is 0 Å². The van der Waals surface area contributed by atoms with Gasteiger partial charge in [0, 0.05) is 17.8 Å². The number of carbonyl (C=O) groups excluding carboxylic acids is 1. The highest BCUT2D eigenvalue weighted by Gasteiger charge is 2.49. The van der Waals surface area contributed by atoms with Gasteiger partial charge in [-0.3, -0.25) is 4.79 Å². The molecule has 17 heavy (non-hydrogen) atoms. The lowest BCUT2D eigenvalue weighted by atomic mass is 9.67. The molecule has 3 nitrogen and oxygen atoms in total. The Hall–Kier alpha value is -0.670. The highest BCUT2D eigenvalue weighted by molar-refractivity contribution is 5.90. The number of hydrogen-bond acceptors (Lipinski definition) is 3. The maximum Gasteiger partial charge on any atom is 0.160 e. The van der Waals surface area contributed by atoms with Crippen molar-refractivity contribution < 1.29 is 14.3 Å². The van der Waals surface area contributed by atoms with Gasteiger partial charge in [-0.15, -0.1) is 0 Å². The van der Waals surface area contributed by atoms with Crippen LogP contribution in [0.15, 0.2) is 12.2 Å². The molecule has 0 unspecified atom stereocenters. The number of ketones is 1. The van der Waals surface area contributed by atoms with E-state index in [1.54, 1.807) is 6.08 Å². The van der Waals surface area contributed by atoms with Crippen LogP contribution in [0.5, 0.6) is 0 Å². The molecule has 2 saturated heterocycles. The monoisotopic (exact) mass is 236 g/mol. The zero-order valence-corrected chi connectivity index (χ0v) is 10.5. The van der Waals surface area contributed by atoms with E-state index in [4.69, 9.17) is 9.47 Å². The molecule has 0 aromatic carbocycles. The topological polar surface area (TPSA) is 35.5 Å². The molecular formula is C14H20O3. The number of ether oxygens (including phenoxy) is 2. The summed E-state index contributed by atoms with van der Waals surface area (Å²) in [5.74, 6) is 1.16. The predicted molar refractivity (Wildman–Crippen MR) is 63.4 cm³/mol. The van der Waals surface area contributed by atoms with Gasteiger partial charge in [-0.1, -0.05) is 19.9 Å². The van der Waals surface area contributed by atoms with E-state index in [9.17, 15) is 4.79 Å². The van der Waals surface area contributed by atoms with Gasteiger partial charge in [0.05, 0.1) is 12.7 Å². The van der Waals surface area contributed by atoms with E-state index in [1.807, 2.05) is 0 Å².